The third-order valence-corrected chi connectivity index (χ3v) is 2.50. The molecule has 1 atom stereocenters. The molecular weight excluding hydrogens is 192 g/mol. The van der Waals surface area contributed by atoms with E-state index in [2.05, 4.69) is 0 Å². The SMILES string of the molecule is CC(C)[C@H](CC(=O)O)c1cccc(O)c1. The maximum absolute atomic E-state index is 10.7. The lowest BCUT2D eigenvalue weighted by Crippen LogP contribution is -2.12. The second-order valence-electron chi connectivity index (χ2n) is 4.04. The summed E-state index contributed by atoms with van der Waals surface area (Å²) in [5.74, 6) is -0.432. The molecule has 3 heteroatoms. The van der Waals surface area contributed by atoms with Crippen LogP contribution in [0.15, 0.2) is 24.3 Å². The van der Waals surface area contributed by atoms with E-state index in [0.29, 0.717) is 0 Å². The van der Waals surface area contributed by atoms with Gasteiger partial charge in [0.2, 0.25) is 0 Å². The van der Waals surface area contributed by atoms with Crippen LogP contribution in [-0.4, -0.2) is 16.2 Å². The number of hydrogen-bond donors (Lipinski definition) is 2. The Morgan fingerprint density at radius 1 is 1.40 bits per heavy atom. The molecule has 0 aliphatic rings. The summed E-state index contributed by atoms with van der Waals surface area (Å²) in [5.41, 5.74) is 0.882. The van der Waals surface area contributed by atoms with E-state index in [-0.39, 0.29) is 24.0 Å². The predicted octanol–water partition coefficient (Wildman–Crippen LogP) is 2.61. The van der Waals surface area contributed by atoms with Crippen molar-refractivity contribution in [3.8, 4) is 5.75 Å². The third kappa shape index (κ3) is 3.27. The summed E-state index contributed by atoms with van der Waals surface area (Å²) in [5, 5.41) is 18.1. The fourth-order valence-electron chi connectivity index (χ4n) is 1.68. The van der Waals surface area contributed by atoms with Crippen molar-refractivity contribution in [3.05, 3.63) is 29.8 Å². The number of phenolic OH excluding ortho intramolecular Hbond substituents is 1. The smallest absolute Gasteiger partial charge is 0.303 e. The molecule has 3 nitrogen and oxygen atoms in total. The van der Waals surface area contributed by atoms with E-state index in [0.717, 1.165) is 5.56 Å². The Balaban J connectivity index is 2.93. The molecule has 0 amide bonds. The summed E-state index contributed by atoms with van der Waals surface area (Å²) in [7, 11) is 0. The second kappa shape index (κ2) is 4.82. The normalized spacial score (nSPS) is 12.7. The molecule has 0 fully saturated rings. The van der Waals surface area contributed by atoms with Crippen LogP contribution in [0.3, 0.4) is 0 Å². The maximum Gasteiger partial charge on any atom is 0.303 e. The van der Waals surface area contributed by atoms with Crippen LogP contribution >= 0.6 is 0 Å². The summed E-state index contributed by atoms with van der Waals surface area (Å²) >= 11 is 0. The first-order valence-electron chi connectivity index (χ1n) is 5.01. The molecule has 0 radical (unpaired) electrons. The van der Waals surface area contributed by atoms with Gasteiger partial charge in [-0.1, -0.05) is 26.0 Å². The summed E-state index contributed by atoms with van der Waals surface area (Å²) in [6.45, 7) is 3.97. The molecule has 2 N–H and O–H groups in total. The average Bonchev–Trinajstić information content (AvgIpc) is 2.13. The molecule has 0 aliphatic carbocycles. The molecule has 0 aliphatic heterocycles. The number of carboxylic acid groups (broad SMARTS) is 1. The van der Waals surface area contributed by atoms with Crippen LogP contribution in [0.5, 0.6) is 5.75 Å². The highest BCUT2D eigenvalue weighted by Gasteiger charge is 2.19. The summed E-state index contributed by atoms with van der Waals surface area (Å²) in [6, 6.07) is 6.81. The summed E-state index contributed by atoms with van der Waals surface area (Å²) in [6.07, 6.45) is 0.0983. The van der Waals surface area contributed by atoms with Crippen molar-refractivity contribution in [1.82, 2.24) is 0 Å². The molecular formula is C12H16O3. The fraction of sp³-hybridized carbons (Fsp3) is 0.417. The molecule has 0 aromatic heterocycles. The van der Waals surface area contributed by atoms with Crippen molar-refractivity contribution in [2.24, 2.45) is 5.92 Å². The maximum atomic E-state index is 10.7. The Morgan fingerprint density at radius 3 is 2.53 bits per heavy atom. The van der Waals surface area contributed by atoms with Crippen LogP contribution in [0.2, 0.25) is 0 Å². The van der Waals surface area contributed by atoms with Gasteiger partial charge in [0.15, 0.2) is 0 Å². The number of hydrogen-bond acceptors (Lipinski definition) is 2. The van der Waals surface area contributed by atoms with Crippen molar-refractivity contribution in [2.45, 2.75) is 26.2 Å². The number of carboxylic acids is 1. The number of rotatable bonds is 4. The molecule has 1 aromatic carbocycles. The first kappa shape index (κ1) is 11.6. The Hall–Kier alpha value is -1.51. The standard InChI is InChI=1S/C12H16O3/c1-8(2)11(7-12(14)15)9-4-3-5-10(13)6-9/h3-6,8,11,13H,7H2,1-2H3,(H,14,15)/t11-/m0/s1. The molecule has 15 heavy (non-hydrogen) atoms. The van der Waals surface area contributed by atoms with Crippen molar-refractivity contribution in [3.63, 3.8) is 0 Å². The topological polar surface area (TPSA) is 57.5 Å². The zero-order valence-corrected chi connectivity index (χ0v) is 8.97. The average molecular weight is 208 g/mol. The van der Waals surface area contributed by atoms with E-state index in [9.17, 15) is 9.90 Å². The van der Waals surface area contributed by atoms with Crippen molar-refractivity contribution in [1.29, 1.82) is 0 Å². The minimum atomic E-state index is -0.808. The van der Waals surface area contributed by atoms with Gasteiger partial charge in [0.1, 0.15) is 5.75 Å². The van der Waals surface area contributed by atoms with Crippen molar-refractivity contribution >= 4 is 5.97 Å². The molecule has 0 spiro atoms. The largest absolute Gasteiger partial charge is 0.508 e. The van der Waals surface area contributed by atoms with Gasteiger partial charge in [0.05, 0.1) is 6.42 Å². The minimum Gasteiger partial charge on any atom is -0.508 e. The molecule has 82 valence electrons. The highest BCUT2D eigenvalue weighted by Crippen LogP contribution is 2.29. The lowest BCUT2D eigenvalue weighted by molar-refractivity contribution is -0.137. The molecule has 0 unspecified atom stereocenters. The minimum absolute atomic E-state index is 0.0467. The fourth-order valence-corrected chi connectivity index (χ4v) is 1.68. The Labute approximate surface area is 89.4 Å². The van der Waals surface area contributed by atoms with Crippen LogP contribution in [0.1, 0.15) is 31.7 Å². The number of phenols is 1. The molecule has 0 heterocycles. The van der Waals surface area contributed by atoms with Gasteiger partial charge < -0.3 is 10.2 Å². The quantitative estimate of drug-likeness (QED) is 0.799. The van der Waals surface area contributed by atoms with Gasteiger partial charge in [-0.15, -0.1) is 0 Å². The van der Waals surface area contributed by atoms with Crippen molar-refractivity contribution < 1.29 is 15.0 Å². The van der Waals surface area contributed by atoms with E-state index in [1.54, 1.807) is 18.2 Å². The van der Waals surface area contributed by atoms with Gasteiger partial charge in [-0.2, -0.15) is 0 Å². The number of carbonyl (C=O) groups is 1. The van der Waals surface area contributed by atoms with Gasteiger partial charge in [-0.25, -0.2) is 0 Å². The van der Waals surface area contributed by atoms with E-state index in [1.807, 2.05) is 19.9 Å². The zero-order valence-electron chi connectivity index (χ0n) is 8.97. The van der Waals surface area contributed by atoms with Crippen molar-refractivity contribution in [2.75, 3.05) is 0 Å². The van der Waals surface area contributed by atoms with Gasteiger partial charge in [0, 0.05) is 0 Å². The van der Waals surface area contributed by atoms with E-state index < -0.39 is 5.97 Å². The molecule has 0 saturated heterocycles. The first-order chi connectivity index (χ1) is 7.00. The Morgan fingerprint density at radius 2 is 2.07 bits per heavy atom. The van der Waals surface area contributed by atoms with Crippen LogP contribution < -0.4 is 0 Å². The molecule has 0 saturated carbocycles. The highest BCUT2D eigenvalue weighted by molar-refractivity contribution is 5.68. The summed E-state index contributed by atoms with van der Waals surface area (Å²) < 4.78 is 0. The van der Waals surface area contributed by atoms with Crippen LogP contribution in [0.25, 0.3) is 0 Å². The number of aliphatic carboxylic acids is 1. The van der Waals surface area contributed by atoms with Gasteiger partial charge in [-0.3, -0.25) is 4.79 Å². The molecule has 1 aromatic rings. The van der Waals surface area contributed by atoms with E-state index in [4.69, 9.17) is 5.11 Å². The van der Waals surface area contributed by atoms with Crippen LogP contribution in [-0.2, 0) is 4.79 Å². The van der Waals surface area contributed by atoms with E-state index >= 15 is 0 Å². The first-order valence-corrected chi connectivity index (χ1v) is 5.01. The highest BCUT2D eigenvalue weighted by atomic mass is 16.4. The number of aromatic hydroxyl groups is 1. The van der Waals surface area contributed by atoms with Crippen LogP contribution in [0.4, 0.5) is 0 Å². The second-order valence-corrected chi connectivity index (χ2v) is 4.04. The lowest BCUT2D eigenvalue weighted by atomic mass is 9.86. The monoisotopic (exact) mass is 208 g/mol. The molecule has 1 rings (SSSR count). The van der Waals surface area contributed by atoms with Gasteiger partial charge in [0.25, 0.3) is 0 Å². The zero-order chi connectivity index (χ0) is 11.4. The molecule has 0 bridgehead atoms. The summed E-state index contributed by atoms with van der Waals surface area (Å²) in [4.78, 5) is 10.7. The predicted molar refractivity (Wildman–Crippen MR) is 57.9 cm³/mol. The lowest BCUT2D eigenvalue weighted by Gasteiger charge is -2.19. The van der Waals surface area contributed by atoms with Gasteiger partial charge >= 0.3 is 5.97 Å². The van der Waals surface area contributed by atoms with Gasteiger partial charge in [-0.05, 0) is 29.5 Å². The van der Waals surface area contributed by atoms with E-state index in [1.165, 1.54) is 0 Å². The Kier molecular flexibility index (Phi) is 3.72. The number of benzene rings is 1. The van der Waals surface area contributed by atoms with Crippen LogP contribution in [0, 0.1) is 5.92 Å². The third-order valence-electron chi connectivity index (χ3n) is 2.50. The Bertz CT molecular complexity index is 344.